The van der Waals surface area contributed by atoms with Crippen LogP contribution in [-0.2, 0) is 9.53 Å². The van der Waals surface area contributed by atoms with E-state index in [1.165, 1.54) is 12.1 Å². The zero-order chi connectivity index (χ0) is 13.5. The lowest BCUT2D eigenvalue weighted by molar-refractivity contribution is -0.385. The number of hydrogen-bond donors (Lipinski definition) is 0. The molecule has 0 heterocycles. The van der Waals surface area contributed by atoms with Crippen molar-refractivity contribution < 1.29 is 19.2 Å². The largest absolute Gasteiger partial charge is 0.475 e. The summed E-state index contributed by atoms with van der Waals surface area (Å²) in [6.45, 7) is 1.43. The van der Waals surface area contributed by atoms with Crippen LogP contribution >= 0.6 is 0 Å². The van der Waals surface area contributed by atoms with Gasteiger partial charge >= 0.3 is 11.7 Å². The van der Waals surface area contributed by atoms with Gasteiger partial charge in [0.25, 0.3) is 0 Å². The quantitative estimate of drug-likeness (QED) is 0.444. The summed E-state index contributed by atoms with van der Waals surface area (Å²) in [6.07, 6.45) is 0. The van der Waals surface area contributed by atoms with E-state index in [0.29, 0.717) is 0 Å². The highest BCUT2D eigenvalue weighted by atomic mass is 16.6. The molecule has 0 amide bonds. The van der Waals surface area contributed by atoms with Gasteiger partial charge in [-0.05, 0) is 19.1 Å². The predicted molar refractivity (Wildman–Crippen MR) is 59.9 cm³/mol. The number of nitrogens with zero attached hydrogens (tertiary/aromatic N) is 2. The van der Waals surface area contributed by atoms with Crippen LogP contribution in [0.1, 0.15) is 12.5 Å². The van der Waals surface area contributed by atoms with Crippen LogP contribution in [0, 0.1) is 21.4 Å². The van der Waals surface area contributed by atoms with E-state index in [1.54, 1.807) is 13.0 Å². The van der Waals surface area contributed by atoms with Crippen molar-refractivity contribution in [2.24, 2.45) is 0 Å². The standard InChI is InChI=1S/C11H10N2O5/c1-2-17-11(14)7-18-10-4-3-8(6-12)5-9(10)13(15)16/h3-5H,2,7H2,1H3. The molecule has 94 valence electrons. The van der Waals surface area contributed by atoms with E-state index < -0.39 is 17.5 Å². The topological polar surface area (TPSA) is 102 Å². The third-order valence-electron chi connectivity index (χ3n) is 1.94. The number of ether oxygens (including phenoxy) is 2. The first kappa shape index (κ1) is 13.4. The van der Waals surface area contributed by atoms with Gasteiger partial charge < -0.3 is 9.47 Å². The molecule has 0 aromatic heterocycles. The molecule has 0 aliphatic rings. The van der Waals surface area contributed by atoms with E-state index >= 15 is 0 Å². The molecule has 7 heteroatoms. The monoisotopic (exact) mass is 250 g/mol. The van der Waals surface area contributed by atoms with Crippen molar-refractivity contribution in [3.8, 4) is 11.8 Å². The second-order valence-corrected chi connectivity index (χ2v) is 3.15. The van der Waals surface area contributed by atoms with Crippen molar-refractivity contribution in [2.75, 3.05) is 13.2 Å². The molecule has 1 rings (SSSR count). The number of nitriles is 1. The lowest BCUT2D eigenvalue weighted by Crippen LogP contribution is -2.15. The van der Waals surface area contributed by atoms with Crippen molar-refractivity contribution in [1.82, 2.24) is 0 Å². The first-order valence-corrected chi connectivity index (χ1v) is 5.05. The molecule has 0 unspecified atom stereocenters. The number of nitro benzene ring substituents is 1. The van der Waals surface area contributed by atoms with E-state index in [9.17, 15) is 14.9 Å². The highest BCUT2D eigenvalue weighted by molar-refractivity contribution is 5.71. The Kier molecular flexibility index (Phi) is 4.63. The minimum Gasteiger partial charge on any atom is -0.475 e. The average molecular weight is 250 g/mol. The predicted octanol–water partition coefficient (Wildman–Crippen LogP) is 1.41. The Morgan fingerprint density at radius 3 is 2.83 bits per heavy atom. The van der Waals surface area contributed by atoms with Gasteiger partial charge in [0.2, 0.25) is 0 Å². The van der Waals surface area contributed by atoms with E-state index in [1.807, 2.05) is 0 Å². The van der Waals surface area contributed by atoms with Gasteiger partial charge in [-0.2, -0.15) is 5.26 Å². The molecule has 7 nitrogen and oxygen atoms in total. The Labute approximate surface area is 103 Å². The van der Waals surface area contributed by atoms with E-state index in [0.717, 1.165) is 6.07 Å². The molecule has 0 bridgehead atoms. The highest BCUT2D eigenvalue weighted by Crippen LogP contribution is 2.27. The minimum absolute atomic E-state index is 0.0768. The summed E-state index contributed by atoms with van der Waals surface area (Å²) in [6, 6.07) is 5.51. The molecule has 0 aliphatic heterocycles. The second kappa shape index (κ2) is 6.20. The second-order valence-electron chi connectivity index (χ2n) is 3.15. The summed E-state index contributed by atoms with van der Waals surface area (Å²) < 4.78 is 9.61. The maximum absolute atomic E-state index is 11.1. The molecule has 0 aliphatic carbocycles. The Morgan fingerprint density at radius 1 is 1.56 bits per heavy atom. The number of hydrogen-bond acceptors (Lipinski definition) is 6. The van der Waals surface area contributed by atoms with Gasteiger partial charge in [-0.15, -0.1) is 0 Å². The molecule has 0 radical (unpaired) electrons. The van der Waals surface area contributed by atoms with Crippen molar-refractivity contribution in [3.63, 3.8) is 0 Å². The Hall–Kier alpha value is -2.62. The average Bonchev–Trinajstić information content (AvgIpc) is 2.36. The molecule has 0 N–H and O–H groups in total. The summed E-state index contributed by atoms with van der Waals surface area (Å²) in [5.74, 6) is -0.691. The zero-order valence-electron chi connectivity index (χ0n) is 9.58. The number of esters is 1. The SMILES string of the molecule is CCOC(=O)COc1ccc(C#N)cc1[N+](=O)[O-]. The lowest BCUT2D eigenvalue weighted by Gasteiger charge is -2.06. The van der Waals surface area contributed by atoms with Crippen LogP contribution in [-0.4, -0.2) is 24.1 Å². The molecule has 1 aromatic rings. The van der Waals surface area contributed by atoms with Gasteiger partial charge in [-0.3, -0.25) is 10.1 Å². The third kappa shape index (κ3) is 3.45. The van der Waals surface area contributed by atoms with Gasteiger partial charge in [-0.1, -0.05) is 0 Å². The molecule has 0 saturated heterocycles. The fraction of sp³-hybridized carbons (Fsp3) is 0.273. The van der Waals surface area contributed by atoms with Crippen LogP contribution in [0.25, 0.3) is 0 Å². The number of carbonyl (C=O) groups excluding carboxylic acids is 1. The van der Waals surface area contributed by atoms with Gasteiger partial charge in [0.1, 0.15) is 0 Å². The smallest absolute Gasteiger partial charge is 0.344 e. The van der Waals surface area contributed by atoms with Gasteiger partial charge in [-0.25, -0.2) is 4.79 Å². The number of rotatable bonds is 5. The van der Waals surface area contributed by atoms with Gasteiger partial charge in [0.05, 0.1) is 23.2 Å². The van der Waals surface area contributed by atoms with Gasteiger partial charge in [0, 0.05) is 6.07 Å². The maximum atomic E-state index is 11.1. The summed E-state index contributed by atoms with van der Waals surface area (Å²) in [7, 11) is 0. The van der Waals surface area contributed by atoms with Crippen LogP contribution in [0.5, 0.6) is 5.75 Å². The van der Waals surface area contributed by atoms with Crippen LogP contribution < -0.4 is 4.74 Å². The minimum atomic E-state index is -0.679. The molecule has 1 aromatic carbocycles. The molecular formula is C11H10N2O5. The Balaban J connectivity index is 2.86. The van der Waals surface area contributed by atoms with Crippen LogP contribution in [0.3, 0.4) is 0 Å². The maximum Gasteiger partial charge on any atom is 0.344 e. The molecular weight excluding hydrogens is 240 g/mol. The summed E-state index contributed by atoms with van der Waals surface area (Å²) in [5.41, 5.74) is -0.219. The molecule has 0 fully saturated rings. The molecule has 0 atom stereocenters. The molecule has 0 saturated carbocycles. The first-order valence-electron chi connectivity index (χ1n) is 5.05. The van der Waals surface area contributed by atoms with Gasteiger partial charge in [0.15, 0.2) is 12.4 Å². The summed E-state index contributed by atoms with van der Waals surface area (Å²) >= 11 is 0. The summed E-state index contributed by atoms with van der Waals surface area (Å²) in [5, 5.41) is 19.4. The Morgan fingerprint density at radius 2 is 2.28 bits per heavy atom. The van der Waals surface area contributed by atoms with Crippen molar-refractivity contribution >= 4 is 11.7 Å². The lowest BCUT2D eigenvalue weighted by atomic mass is 10.2. The van der Waals surface area contributed by atoms with Crippen molar-refractivity contribution in [1.29, 1.82) is 5.26 Å². The summed E-state index contributed by atoms with van der Waals surface area (Å²) in [4.78, 5) is 21.1. The first-order chi connectivity index (χ1) is 8.58. The van der Waals surface area contributed by atoms with E-state index in [-0.39, 0.29) is 23.6 Å². The van der Waals surface area contributed by atoms with Crippen LogP contribution in [0.15, 0.2) is 18.2 Å². The third-order valence-corrected chi connectivity index (χ3v) is 1.94. The number of benzene rings is 1. The van der Waals surface area contributed by atoms with Crippen molar-refractivity contribution in [3.05, 3.63) is 33.9 Å². The fourth-order valence-electron chi connectivity index (χ4n) is 1.19. The van der Waals surface area contributed by atoms with Crippen LogP contribution in [0.2, 0.25) is 0 Å². The normalized spacial score (nSPS) is 9.33. The zero-order valence-corrected chi connectivity index (χ0v) is 9.58. The molecule has 0 spiro atoms. The number of carbonyl (C=O) groups is 1. The highest BCUT2D eigenvalue weighted by Gasteiger charge is 2.17. The number of nitro groups is 1. The van der Waals surface area contributed by atoms with E-state index in [2.05, 4.69) is 4.74 Å². The molecule has 18 heavy (non-hydrogen) atoms. The van der Waals surface area contributed by atoms with Crippen LogP contribution in [0.4, 0.5) is 5.69 Å². The fourth-order valence-corrected chi connectivity index (χ4v) is 1.19. The Bertz CT molecular complexity index is 507. The van der Waals surface area contributed by atoms with Crippen molar-refractivity contribution in [2.45, 2.75) is 6.92 Å². The van der Waals surface area contributed by atoms with E-state index in [4.69, 9.17) is 10.00 Å².